The molecule has 0 saturated carbocycles. The lowest BCUT2D eigenvalue weighted by molar-refractivity contribution is -0.121. The molecule has 2 saturated heterocycles. The second-order valence-electron chi connectivity index (χ2n) is 5.95. The Labute approximate surface area is 146 Å². The quantitative estimate of drug-likeness (QED) is 0.771. The largest absolute Gasteiger partial charge is 0.375 e. The number of sulfone groups is 1. The van der Waals surface area contributed by atoms with Crippen LogP contribution in [0.25, 0.3) is 0 Å². The van der Waals surface area contributed by atoms with Gasteiger partial charge in [0.25, 0.3) is 5.91 Å². The highest BCUT2D eigenvalue weighted by atomic mass is 32.2. The average Bonchev–Trinajstić information content (AvgIpc) is 2.98. The molecule has 0 bridgehead atoms. The van der Waals surface area contributed by atoms with Gasteiger partial charge in [0.05, 0.1) is 17.5 Å². The monoisotopic (exact) mass is 368 g/mol. The summed E-state index contributed by atoms with van der Waals surface area (Å²) in [5.74, 6) is -0.0500. The van der Waals surface area contributed by atoms with E-state index in [-0.39, 0.29) is 35.3 Å². The summed E-state index contributed by atoms with van der Waals surface area (Å²) in [6.45, 7) is 0.580. The van der Waals surface area contributed by atoms with Crippen LogP contribution in [-0.2, 0) is 25.8 Å². The number of amidine groups is 1. The van der Waals surface area contributed by atoms with Gasteiger partial charge in [0.1, 0.15) is 6.61 Å². The standard InChI is InChI=1S/C16H20N2O4S2/c1-22-9-15(19)17-16-18(8-7-12-5-3-2-4-6-12)13-10-24(20,21)11-14(13)23-16/h2-6,13-14H,7-11H2,1H3/t13-,14-/m0/s1. The highest BCUT2D eigenvalue weighted by molar-refractivity contribution is 8.15. The maximum Gasteiger partial charge on any atom is 0.274 e. The number of carbonyl (C=O) groups is 1. The number of ether oxygens (including phenoxy) is 1. The van der Waals surface area contributed by atoms with Crippen molar-refractivity contribution in [2.24, 2.45) is 4.99 Å². The van der Waals surface area contributed by atoms with Gasteiger partial charge in [-0.15, -0.1) is 0 Å². The molecular formula is C16H20N2O4S2. The molecule has 0 unspecified atom stereocenters. The number of thioether (sulfide) groups is 1. The van der Waals surface area contributed by atoms with Gasteiger partial charge in [-0.2, -0.15) is 4.99 Å². The Morgan fingerprint density at radius 2 is 2.08 bits per heavy atom. The Bertz CT molecular complexity index is 734. The van der Waals surface area contributed by atoms with Crippen LogP contribution in [0, 0.1) is 0 Å². The van der Waals surface area contributed by atoms with Crippen LogP contribution in [0.1, 0.15) is 5.56 Å². The van der Waals surface area contributed by atoms with Crippen molar-refractivity contribution in [3.05, 3.63) is 35.9 Å². The number of benzene rings is 1. The van der Waals surface area contributed by atoms with E-state index in [0.29, 0.717) is 11.7 Å². The van der Waals surface area contributed by atoms with Crippen molar-refractivity contribution in [3.8, 4) is 0 Å². The number of fused-ring (bicyclic) bond motifs is 1. The van der Waals surface area contributed by atoms with Crippen LogP contribution in [0.4, 0.5) is 0 Å². The lowest BCUT2D eigenvalue weighted by Crippen LogP contribution is -2.39. The van der Waals surface area contributed by atoms with E-state index >= 15 is 0 Å². The van der Waals surface area contributed by atoms with Gasteiger partial charge >= 0.3 is 0 Å². The molecule has 2 heterocycles. The van der Waals surface area contributed by atoms with Crippen LogP contribution in [-0.4, -0.2) is 67.5 Å². The zero-order valence-electron chi connectivity index (χ0n) is 13.4. The molecule has 0 N–H and O–H groups in total. The van der Waals surface area contributed by atoms with Crippen molar-refractivity contribution in [1.82, 2.24) is 4.90 Å². The van der Waals surface area contributed by atoms with Gasteiger partial charge in [-0.05, 0) is 12.0 Å². The zero-order chi connectivity index (χ0) is 17.2. The summed E-state index contributed by atoms with van der Waals surface area (Å²) in [5, 5.41) is 0.581. The molecule has 0 spiro atoms. The molecule has 2 atom stereocenters. The smallest absolute Gasteiger partial charge is 0.274 e. The van der Waals surface area contributed by atoms with E-state index in [1.807, 2.05) is 35.2 Å². The second kappa shape index (κ2) is 7.25. The summed E-state index contributed by atoms with van der Waals surface area (Å²) >= 11 is 1.40. The van der Waals surface area contributed by atoms with Crippen molar-refractivity contribution in [2.45, 2.75) is 17.7 Å². The van der Waals surface area contributed by atoms with Crippen LogP contribution in [0.2, 0.25) is 0 Å². The Balaban J connectivity index is 1.77. The lowest BCUT2D eigenvalue weighted by atomic mass is 10.1. The molecule has 130 valence electrons. The Kier molecular flexibility index (Phi) is 5.27. The maximum absolute atomic E-state index is 11.9. The number of rotatable bonds is 5. The SMILES string of the molecule is COCC(=O)N=C1S[C@H]2CS(=O)(=O)C[C@@H]2N1CCc1ccccc1. The Morgan fingerprint density at radius 3 is 2.79 bits per heavy atom. The first-order chi connectivity index (χ1) is 11.5. The molecule has 2 aliphatic rings. The first-order valence-electron chi connectivity index (χ1n) is 7.76. The van der Waals surface area contributed by atoms with Gasteiger partial charge in [-0.25, -0.2) is 8.42 Å². The molecule has 24 heavy (non-hydrogen) atoms. The van der Waals surface area contributed by atoms with E-state index in [1.54, 1.807) is 0 Å². The molecule has 1 aromatic rings. The molecule has 3 rings (SSSR count). The molecule has 0 aromatic heterocycles. The van der Waals surface area contributed by atoms with Gasteiger partial charge in [-0.3, -0.25) is 4.79 Å². The molecule has 2 fully saturated rings. The number of nitrogens with zero attached hydrogens (tertiary/aromatic N) is 2. The predicted octanol–water partition coefficient (Wildman–Crippen LogP) is 0.973. The zero-order valence-corrected chi connectivity index (χ0v) is 15.1. The number of hydrogen-bond acceptors (Lipinski definition) is 5. The van der Waals surface area contributed by atoms with Gasteiger partial charge in [0.2, 0.25) is 0 Å². The van der Waals surface area contributed by atoms with Crippen molar-refractivity contribution >= 4 is 32.7 Å². The van der Waals surface area contributed by atoms with E-state index in [9.17, 15) is 13.2 Å². The summed E-state index contributed by atoms with van der Waals surface area (Å²) in [7, 11) is -1.56. The lowest BCUT2D eigenvalue weighted by Gasteiger charge is -2.24. The fourth-order valence-corrected chi connectivity index (χ4v) is 7.05. The molecule has 6 nitrogen and oxygen atoms in total. The van der Waals surface area contributed by atoms with Crippen LogP contribution in [0.15, 0.2) is 35.3 Å². The highest BCUT2D eigenvalue weighted by Crippen LogP contribution is 2.38. The van der Waals surface area contributed by atoms with E-state index in [0.717, 1.165) is 6.42 Å². The summed E-state index contributed by atoms with van der Waals surface area (Å²) in [6, 6.07) is 9.91. The average molecular weight is 368 g/mol. The second-order valence-corrected chi connectivity index (χ2v) is 9.31. The third kappa shape index (κ3) is 3.99. The molecule has 0 radical (unpaired) electrons. The van der Waals surface area contributed by atoms with Crippen molar-refractivity contribution in [2.75, 3.05) is 31.8 Å². The maximum atomic E-state index is 11.9. The number of aliphatic imine (C=N–C) groups is 1. The van der Waals surface area contributed by atoms with Crippen molar-refractivity contribution < 1.29 is 17.9 Å². The van der Waals surface area contributed by atoms with Gasteiger partial charge in [0, 0.05) is 18.9 Å². The highest BCUT2D eigenvalue weighted by Gasteiger charge is 2.48. The van der Waals surface area contributed by atoms with E-state index in [1.165, 1.54) is 24.4 Å². The number of carbonyl (C=O) groups excluding carboxylic acids is 1. The van der Waals surface area contributed by atoms with E-state index in [2.05, 4.69) is 4.99 Å². The normalized spacial score (nSPS) is 26.7. The molecular weight excluding hydrogens is 348 g/mol. The number of hydrogen-bond donors (Lipinski definition) is 0. The summed E-state index contributed by atoms with van der Waals surface area (Å²) in [4.78, 5) is 17.9. The van der Waals surface area contributed by atoms with Gasteiger partial charge in [-0.1, -0.05) is 42.1 Å². The minimum Gasteiger partial charge on any atom is -0.375 e. The minimum absolute atomic E-state index is 0.0418. The van der Waals surface area contributed by atoms with Gasteiger partial charge < -0.3 is 9.64 Å². The first-order valence-corrected chi connectivity index (χ1v) is 10.5. The summed E-state index contributed by atoms with van der Waals surface area (Å²) in [5.41, 5.74) is 1.18. The first kappa shape index (κ1) is 17.4. The molecule has 1 amide bonds. The Hall–Kier alpha value is -1.38. The molecule has 8 heteroatoms. The fraction of sp³-hybridized carbons (Fsp3) is 0.500. The Morgan fingerprint density at radius 1 is 1.33 bits per heavy atom. The fourth-order valence-electron chi connectivity index (χ4n) is 3.05. The molecule has 2 aliphatic heterocycles. The topological polar surface area (TPSA) is 76.0 Å². The van der Waals surface area contributed by atoms with Crippen LogP contribution >= 0.6 is 11.8 Å². The third-order valence-corrected chi connectivity index (χ3v) is 7.39. The predicted molar refractivity (Wildman–Crippen MR) is 95.0 cm³/mol. The number of methoxy groups -OCH3 is 1. The molecule has 0 aliphatic carbocycles. The third-order valence-electron chi connectivity index (χ3n) is 4.15. The summed E-state index contributed by atoms with van der Waals surface area (Å²) in [6.07, 6.45) is 0.780. The van der Waals surface area contributed by atoms with E-state index < -0.39 is 9.84 Å². The van der Waals surface area contributed by atoms with Crippen LogP contribution in [0.3, 0.4) is 0 Å². The van der Waals surface area contributed by atoms with E-state index in [4.69, 9.17) is 4.74 Å². The summed E-state index contributed by atoms with van der Waals surface area (Å²) < 4.78 is 28.7. The number of amides is 1. The molecule has 1 aromatic carbocycles. The van der Waals surface area contributed by atoms with Crippen LogP contribution in [0.5, 0.6) is 0 Å². The minimum atomic E-state index is -3.01. The van der Waals surface area contributed by atoms with Gasteiger partial charge in [0.15, 0.2) is 15.0 Å². The van der Waals surface area contributed by atoms with Crippen molar-refractivity contribution in [1.29, 1.82) is 0 Å². The van der Waals surface area contributed by atoms with Crippen LogP contribution < -0.4 is 0 Å². The van der Waals surface area contributed by atoms with Crippen molar-refractivity contribution in [3.63, 3.8) is 0 Å².